The lowest BCUT2D eigenvalue weighted by molar-refractivity contribution is 0.100. The Morgan fingerprint density at radius 3 is 2.80 bits per heavy atom. The van der Waals surface area contributed by atoms with Crippen LogP contribution in [0.3, 0.4) is 0 Å². The average molecular weight is 353 g/mol. The standard InChI is InChI=1S/C19H19N3O2S/c1-9-8-10(24-2)6-7-11(9)14-12-4-3-5-13(12)22-19-15(14)16(20)17(25-19)18(21)23/h6-8H,3-5,20H2,1-2H3,(H2,21,23). The maximum absolute atomic E-state index is 11.8. The van der Waals surface area contributed by atoms with Gasteiger partial charge in [-0.3, -0.25) is 4.79 Å². The summed E-state index contributed by atoms with van der Waals surface area (Å²) in [5.74, 6) is 0.317. The summed E-state index contributed by atoms with van der Waals surface area (Å²) in [5.41, 5.74) is 17.9. The van der Waals surface area contributed by atoms with Crippen LogP contribution in [-0.4, -0.2) is 18.0 Å². The first-order chi connectivity index (χ1) is 12.0. The van der Waals surface area contributed by atoms with Crippen molar-refractivity contribution in [3.63, 3.8) is 0 Å². The number of aromatic nitrogens is 1. The summed E-state index contributed by atoms with van der Waals surface area (Å²) in [6, 6.07) is 6.02. The number of hydrogen-bond donors (Lipinski definition) is 2. The molecule has 6 heteroatoms. The molecule has 0 saturated heterocycles. The zero-order valence-corrected chi connectivity index (χ0v) is 15.0. The van der Waals surface area contributed by atoms with Gasteiger partial charge in [-0.1, -0.05) is 6.07 Å². The molecule has 4 rings (SSSR count). The summed E-state index contributed by atoms with van der Waals surface area (Å²) in [4.78, 5) is 17.7. The van der Waals surface area contributed by atoms with Gasteiger partial charge in [0.2, 0.25) is 0 Å². The second kappa shape index (κ2) is 5.74. The van der Waals surface area contributed by atoms with Crippen molar-refractivity contribution < 1.29 is 9.53 Å². The SMILES string of the molecule is COc1ccc(-c2c3c(nc4sc(C(N)=O)c(N)c24)CCC3)c(C)c1. The summed E-state index contributed by atoms with van der Waals surface area (Å²) >= 11 is 1.29. The van der Waals surface area contributed by atoms with Crippen molar-refractivity contribution in [1.82, 2.24) is 4.98 Å². The van der Waals surface area contributed by atoms with Crippen LogP contribution in [0.15, 0.2) is 18.2 Å². The number of hydrogen-bond acceptors (Lipinski definition) is 5. The van der Waals surface area contributed by atoms with Crippen LogP contribution in [0.5, 0.6) is 5.75 Å². The van der Waals surface area contributed by atoms with Crippen molar-refractivity contribution in [2.24, 2.45) is 5.73 Å². The molecule has 1 amide bonds. The molecule has 3 aromatic rings. The predicted octanol–water partition coefficient (Wildman–Crippen LogP) is 3.45. The molecule has 25 heavy (non-hydrogen) atoms. The number of amides is 1. The van der Waals surface area contributed by atoms with E-state index in [1.807, 2.05) is 12.1 Å². The van der Waals surface area contributed by atoms with Gasteiger partial charge >= 0.3 is 0 Å². The number of primary amides is 1. The van der Waals surface area contributed by atoms with Crippen LogP contribution < -0.4 is 16.2 Å². The molecule has 0 atom stereocenters. The maximum Gasteiger partial charge on any atom is 0.260 e. The number of carbonyl (C=O) groups is 1. The molecule has 0 saturated carbocycles. The minimum atomic E-state index is -0.502. The molecule has 0 fully saturated rings. The molecule has 1 aromatic carbocycles. The van der Waals surface area contributed by atoms with Crippen LogP contribution in [0.1, 0.15) is 32.9 Å². The van der Waals surface area contributed by atoms with Crippen LogP contribution >= 0.6 is 11.3 Å². The third-order valence-corrected chi connectivity index (χ3v) is 5.94. The Bertz CT molecular complexity index is 1020. The van der Waals surface area contributed by atoms with E-state index in [1.54, 1.807) is 7.11 Å². The van der Waals surface area contributed by atoms with Crippen molar-refractivity contribution in [3.8, 4) is 16.9 Å². The minimum Gasteiger partial charge on any atom is -0.497 e. The lowest BCUT2D eigenvalue weighted by atomic mass is 9.92. The number of rotatable bonds is 3. The Labute approximate surface area is 149 Å². The Balaban J connectivity index is 2.10. The zero-order valence-electron chi connectivity index (χ0n) is 14.2. The fourth-order valence-electron chi connectivity index (χ4n) is 3.67. The van der Waals surface area contributed by atoms with Gasteiger partial charge in [0.25, 0.3) is 5.91 Å². The van der Waals surface area contributed by atoms with Crippen molar-refractivity contribution >= 4 is 33.1 Å². The lowest BCUT2D eigenvalue weighted by Crippen LogP contribution is -2.10. The summed E-state index contributed by atoms with van der Waals surface area (Å²) in [7, 11) is 1.66. The number of fused-ring (bicyclic) bond motifs is 2. The highest BCUT2D eigenvalue weighted by atomic mass is 32.1. The number of nitrogen functional groups attached to an aromatic ring is 1. The summed E-state index contributed by atoms with van der Waals surface area (Å²) < 4.78 is 5.33. The van der Waals surface area contributed by atoms with E-state index in [4.69, 9.17) is 21.2 Å². The van der Waals surface area contributed by atoms with E-state index in [0.29, 0.717) is 10.6 Å². The summed E-state index contributed by atoms with van der Waals surface area (Å²) in [6.07, 6.45) is 3.02. The van der Waals surface area contributed by atoms with Gasteiger partial charge < -0.3 is 16.2 Å². The Kier molecular flexibility index (Phi) is 3.65. The molecule has 2 heterocycles. The number of pyridine rings is 1. The monoisotopic (exact) mass is 353 g/mol. The van der Waals surface area contributed by atoms with Crippen molar-refractivity contribution in [1.29, 1.82) is 0 Å². The van der Waals surface area contributed by atoms with E-state index in [-0.39, 0.29) is 0 Å². The van der Waals surface area contributed by atoms with Crippen LogP contribution in [-0.2, 0) is 12.8 Å². The topological polar surface area (TPSA) is 91.2 Å². The third kappa shape index (κ3) is 2.36. The molecule has 4 N–H and O–H groups in total. The Morgan fingerprint density at radius 2 is 2.12 bits per heavy atom. The van der Waals surface area contributed by atoms with Gasteiger partial charge in [-0.2, -0.15) is 0 Å². The van der Waals surface area contributed by atoms with Gasteiger partial charge in [-0.05, 0) is 60.6 Å². The Morgan fingerprint density at radius 1 is 1.32 bits per heavy atom. The molecule has 0 spiro atoms. The minimum absolute atomic E-state index is 0.388. The van der Waals surface area contributed by atoms with Crippen LogP contribution in [0.25, 0.3) is 21.3 Å². The molecule has 1 aliphatic rings. The first-order valence-corrected chi connectivity index (χ1v) is 9.01. The molecule has 0 unspecified atom stereocenters. The second-order valence-corrected chi connectivity index (χ2v) is 7.33. The fourth-order valence-corrected chi connectivity index (χ4v) is 4.65. The van der Waals surface area contributed by atoms with Crippen molar-refractivity contribution in [2.75, 3.05) is 12.8 Å². The van der Waals surface area contributed by atoms with Crippen molar-refractivity contribution in [3.05, 3.63) is 39.9 Å². The summed E-state index contributed by atoms with van der Waals surface area (Å²) in [6.45, 7) is 2.06. The number of ether oxygens (including phenoxy) is 1. The van der Waals surface area contributed by atoms with Gasteiger partial charge in [0.15, 0.2) is 0 Å². The summed E-state index contributed by atoms with van der Waals surface area (Å²) in [5, 5.41) is 0.854. The van der Waals surface area contributed by atoms with Crippen LogP contribution in [0, 0.1) is 6.92 Å². The molecular weight excluding hydrogens is 334 g/mol. The zero-order chi connectivity index (χ0) is 17.7. The fraction of sp³-hybridized carbons (Fsp3) is 0.263. The number of nitrogens with two attached hydrogens (primary N) is 2. The average Bonchev–Trinajstić information content (AvgIpc) is 3.18. The van der Waals surface area contributed by atoms with E-state index in [2.05, 4.69) is 13.0 Å². The molecule has 1 aliphatic carbocycles. The van der Waals surface area contributed by atoms with E-state index < -0.39 is 5.91 Å². The number of methoxy groups -OCH3 is 1. The molecule has 128 valence electrons. The molecule has 5 nitrogen and oxygen atoms in total. The maximum atomic E-state index is 11.8. The van der Waals surface area contributed by atoms with Crippen LogP contribution in [0.2, 0.25) is 0 Å². The largest absolute Gasteiger partial charge is 0.497 e. The number of aryl methyl sites for hydroxylation is 2. The number of nitrogens with zero attached hydrogens (tertiary/aromatic N) is 1. The third-order valence-electron chi connectivity index (χ3n) is 4.83. The van der Waals surface area contributed by atoms with E-state index in [9.17, 15) is 4.79 Å². The quantitative estimate of drug-likeness (QED) is 0.754. The van der Waals surface area contributed by atoms with Gasteiger partial charge in [0, 0.05) is 11.1 Å². The van der Waals surface area contributed by atoms with Gasteiger partial charge in [-0.25, -0.2) is 4.98 Å². The van der Waals surface area contributed by atoms with Crippen molar-refractivity contribution in [2.45, 2.75) is 26.2 Å². The normalized spacial score (nSPS) is 13.2. The number of anilines is 1. The van der Waals surface area contributed by atoms with E-state index in [0.717, 1.165) is 57.6 Å². The smallest absolute Gasteiger partial charge is 0.260 e. The number of benzene rings is 1. The molecular formula is C19H19N3O2S. The lowest BCUT2D eigenvalue weighted by Gasteiger charge is -2.14. The van der Waals surface area contributed by atoms with Gasteiger partial charge in [-0.15, -0.1) is 11.3 Å². The Hall–Kier alpha value is -2.60. The van der Waals surface area contributed by atoms with Crippen LogP contribution in [0.4, 0.5) is 5.69 Å². The number of carbonyl (C=O) groups excluding carboxylic acids is 1. The first-order valence-electron chi connectivity index (χ1n) is 8.19. The van der Waals surface area contributed by atoms with E-state index in [1.165, 1.54) is 16.9 Å². The predicted molar refractivity (Wildman–Crippen MR) is 101 cm³/mol. The highest BCUT2D eigenvalue weighted by molar-refractivity contribution is 7.21. The number of thiophene rings is 1. The van der Waals surface area contributed by atoms with Gasteiger partial charge in [0.1, 0.15) is 15.5 Å². The highest BCUT2D eigenvalue weighted by Crippen LogP contribution is 2.45. The van der Waals surface area contributed by atoms with Gasteiger partial charge in [0.05, 0.1) is 12.8 Å². The molecule has 0 bridgehead atoms. The second-order valence-electron chi connectivity index (χ2n) is 6.34. The highest BCUT2D eigenvalue weighted by Gasteiger charge is 2.26. The molecule has 0 radical (unpaired) electrons. The first kappa shape index (κ1) is 15.9. The molecule has 2 aromatic heterocycles. The molecule has 0 aliphatic heterocycles. The van der Waals surface area contributed by atoms with E-state index >= 15 is 0 Å².